The van der Waals surface area contributed by atoms with Gasteiger partial charge in [-0.2, -0.15) is 5.26 Å². The van der Waals surface area contributed by atoms with Crippen molar-refractivity contribution in [1.29, 1.82) is 5.26 Å². The number of unbranched alkanes of at least 4 members (excludes halogenated alkanes) is 3. The van der Waals surface area contributed by atoms with Crippen LogP contribution in [0, 0.1) is 23.2 Å². The summed E-state index contributed by atoms with van der Waals surface area (Å²) in [5.41, 5.74) is 0. The Morgan fingerprint density at radius 3 is 2.67 bits per heavy atom. The van der Waals surface area contributed by atoms with E-state index in [1.54, 1.807) is 0 Å². The van der Waals surface area contributed by atoms with Crippen molar-refractivity contribution < 1.29 is 9.47 Å². The lowest BCUT2D eigenvalue weighted by atomic mass is 9.78. The maximum atomic E-state index is 8.89. The third kappa shape index (κ3) is 3.24. The Morgan fingerprint density at radius 1 is 1.17 bits per heavy atom. The summed E-state index contributed by atoms with van der Waals surface area (Å²) in [5.74, 6) is 0.888. The molecule has 4 unspecified atom stereocenters. The fraction of sp³-hybridized carbons (Fsp3) is 0.933. The van der Waals surface area contributed by atoms with E-state index in [1.807, 2.05) is 0 Å². The molecule has 0 amide bonds. The predicted molar refractivity (Wildman–Crippen MR) is 70.1 cm³/mol. The number of fused-ring (bicyclic) bond motifs is 2. The highest BCUT2D eigenvalue weighted by Crippen LogP contribution is 2.44. The molecule has 3 heteroatoms. The molecule has 2 fully saturated rings. The van der Waals surface area contributed by atoms with Crippen molar-refractivity contribution in [3.63, 3.8) is 0 Å². The number of hydrogen-bond donors (Lipinski definition) is 0. The molecule has 4 atom stereocenters. The number of hydrogen-bond acceptors (Lipinski definition) is 3. The minimum atomic E-state index is 0.336. The van der Waals surface area contributed by atoms with Crippen LogP contribution in [0.5, 0.6) is 0 Å². The molecule has 0 aromatic heterocycles. The van der Waals surface area contributed by atoms with E-state index in [-0.39, 0.29) is 0 Å². The summed E-state index contributed by atoms with van der Waals surface area (Å²) >= 11 is 0. The van der Waals surface area contributed by atoms with Crippen molar-refractivity contribution in [3.05, 3.63) is 0 Å². The maximum Gasteiger partial charge on any atom is 0.0634 e. The monoisotopic (exact) mass is 251 g/mol. The molecule has 0 N–H and O–H groups in total. The Balaban J connectivity index is 1.66. The van der Waals surface area contributed by atoms with Gasteiger partial charge < -0.3 is 9.47 Å². The third-order valence-electron chi connectivity index (χ3n) is 4.37. The van der Waals surface area contributed by atoms with E-state index < -0.39 is 0 Å². The molecule has 2 aliphatic heterocycles. The highest BCUT2D eigenvalue weighted by Gasteiger charge is 2.48. The minimum absolute atomic E-state index is 0.336. The standard InChI is InChI=1S/C15H25NO2/c1-2-3-4-5-10-17-11-13-12(8-9-16)14-6-7-15(13)18-14/h12-15H,2-8,10-11H2,1H3. The quantitative estimate of drug-likeness (QED) is 0.622. The zero-order valence-corrected chi connectivity index (χ0v) is 11.4. The van der Waals surface area contributed by atoms with Crippen LogP contribution < -0.4 is 0 Å². The van der Waals surface area contributed by atoms with Crippen molar-refractivity contribution in [2.75, 3.05) is 13.2 Å². The second kappa shape index (κ2) is 7.11. The number of nitrogens with zero attached hydrogens (tertiary/aromatic N) is 1. The Morgan fingerprint density at radius 2 is 1.94 bits per heavy atom. The van der Waals surface area contributed by atoms with Crippen molar-refractivity contribution in [2.45, 2.75) is 64.1 Å². The van der Waals surface area contributed by atoms with Crippen LogP contribution in [0.3, 0.4) is 0 Å². The van der Waals surface area contributed by atoms with Gasteiger partial charge in [0.1, 0.15) is 0 Å². The second-order valence-corrected chi connectivity index (χ2v) is 5.62. The zero-order valence-electron chi connectivity index (χ0n) is 11.4. The van der Waals surface area contributed by atoms with Gasteiger partial charge in [-0.05, 0) is 19.3 Å². The van der Waals surface area contributed by atoms with Crippen LogP contribution >= 0.6 is 0 Å². The van der Waals surface area contributed by atoms with Gasteiger partial charge in [0.15, 0.2) is 0 Å². The van der Waals surface area contributed by atoms with Gasteiger partial charge in [-0.3, -0.25) is 0 Å². The molecule has 18 heavy (non-hydrogen) atoms. The molecule has 102 valence electrons. The van der Waals surface area contributed by atoms with E-state index in [0.29, 0.717) is 30.5 Å². The van der Waals surface area contributed by atoms with E-state index in [2.05, 4.69) is 13.0 Å². The Labute approximate surface area is 110 Å². The van der Waals surface area contributed by atoms with Gasteiger partial charge in [0.2, 0.25) is 0 Å². The average Bonchev–Trinajstić information content (AvgIpc) is 2.96. The maximum absolute atomic E-state index is 8.89. The minimum Gasteiger partial charge on any atom is -0.381 e. The van der Waals surface area contributed by atoms with Gasteiger partial charge in [-0.1, -0.05) is 26.2 Å². The first-order chi connectivity index (χ1) is 8.86. The van der Waals surface area contributed by atoms with E-state index >= 15 is 0 Å². The van der Waals surface area contributed by atoms with Crippen molar-refractivity contribution in [3.8, 4) is 6.07 Å². The highest BCUT2D eigenvalue weighted by atomic mass is 16.5. The molecular formula is C15H25NO2. The molecule has 0 radical (unpaired) electrons. The molecule has 2 aliphatic rings. The molecule has 0 saturated carbocycles. The summed E-state index contributed by atoms with van der Waals surface area (Å²) in [7, 11) is 0. The van der Waals surface area contributed by atoms with Gasteiger partial charge in [-0.25, -0.2) is 0 Å². The molecule has 0 aromatic carbocycles. The molecule has 0 spiro atoms. The first-order valence-electron chi connectivity index (χ1n) is 7.47. The van der Waals surface area contributed by atoms with E-state index in [4.69, 9.17) is 14.7 Å². The van der Waals surface area contributed by atoms with Gasteiger partial charge in [0.05, 0.1) is 24.9 Å². The predicted octanol–water partition coefficient (Wildman–Crippen LogP) is 3.29. The zero-order chi connectivity index (χ0) is 12.8. The lowest BCUT2D eigenvalue weighted by Crippen LogP contribution is -2.30. The Kier molecular flexibility index (Phi) is 5.46. The summed E-state index contributed by atoms with van der Waals surface area (Å²) in [6, 6.07) is 2.31. The van der Waals surface area contributed by atoms with Gasteiger partial charge in [0, 0.05) is 24.9 Å². The van der Waals surface area contributed by atoms with Crippen LogP contribution in [0.25, 0.3) is 0 Å². The first kappa shape index (κ1) is 13.8. The molecule has 3 nitrogen and oxygen atoms in total. The fourth-order valence-electron chi connectivity index (χ4n) is 3.34. The van der Waals surface area contributed by atoms with Crippen molar-refractivity contribution in [2.24, 2.45) is 11.8 Å². The second-order valence-electron chi connectivity index (χ2n) is 5.62. The van der Waals surface area contributed by atoms with Crippen LogP contribution in [-0.4, -0.2) is 25.4 Å². The van der Waals surface area contributed by atoms with Crippen molar-refractivity contribution in [1.82, 2.24) is 0 Å². The fourth-order valence-corrected chi connectivity index (χ4v) is 3.34. The smallest absolute Gasteiger partial charge is 0.0634 e. The van der Waals surface area contributed by atoms with Crippen LogP contribution in [0.1, 0.15) is 51.9 Å². The lowest BCUT2D eigenvalue weighted by Gasteiger charge is -2.25. The molecule has 2 bridgehead atoms. The molecule has 2 heterocycles. The van der Waals surface area contributed by atoms with Crippen LogP contribution in [0.2, 0.25) is 0 Å². The SMILES string of the molecule is CCCCCCOCC1C2CCC(O2)C1CC#N. The highest BCUT2D eigenvalue weighted by molar-refractivity contribution is 4.99. The van der Waals surface area contributed by atoms with Gasteiger partial charge in [-0.15, -0.1) is 0 Å². The normalized spacial score (nSPS) is 33.8. The largest absolute Gasteiger partial charge is 0.381 e. The lowest BCUT2D eigenvalue weighted by molar-refractivity contribution is 0.0479. The number of rotatable bonds is 8. The summed E-state index contributed by atoms with van der Waals surface area (Å²) < 4.78 is 11.7. The molecule has 0 aromatic rings. The molecule has 2 saturated heterocycles. The summed E-state index contributed by atoms with van der Waals surface area (Å²) in [5, 5.41) is 8.89. The van der Waals surface area contributed by atoms with Gasteiger partial charge >= 0.3 is 0 Å². The average molecular weight is 251 g/mol. The third-order valence-corrected chi connectivity index (χ3v) is 4.37. The summed E-state index contributed by atoms with van der Waals surface area (Å²) in [6.07, 6.45) is 8.64. The van der Waals surface area contributed by atoms with Crippen LogP contribution in [0.4, 0.5) is 0 Å². The van der Waals surface area contributed by atoms with Gasteiger partial charge in [0.25, 0.3) is 0 Å². The summed E-state index contributed by atoms with van der Waals surface area (Å²) in [6.45, 7) is 3.88. The van der Waals surface area contributed by atoms with E-state index in [1.165, 1.54) is 25.7 Å². The Bertz CT molecular complexity index is 287. The topological polar surface area (TPSA) is 42.2 Å². The van der Waals surface area contributed by atoms with E-state index in [0.717, 1.165) is 26.1 Å². The molecular weight excluding hydrogens is 226 g/mol. The van der Waals surface area contributed by atoms with E-state index in [9.17, 15) is 0 Å². The first-order valence-corrected chi connectivity index (χ1v) is 7.47. The number of ether oxygens (including phenoxy) is 2. The molecule has 2 rings (SSSR count). The summed E-state index contributed by atoms with van der Waals surface area (Å²) in [4.78, 5) is 0. The number of nitriles is 1. The Hall–Kier alpha value is -0.590. The van der Waals surface area contributed by atoms with Crippen LogP contribution in [0.15, 0.2) is 0 Å². The van der Waals surface area contributed by atoms with Crippen molar-refractivity contribution >= 4 is 0 Å². The molecule has 0 aliphatic carbocycles. The van der Waals surface area contributed by atoms with Crippen LogP contribution in [-0.2, 0) is 9.47 Å².